The van der Waals surface area contributed by atoms with Gasteiger partial charge in [-0.2, -0.15) is 0 Å². The first-order valence-corrected chi connectivity index (χ1v) is 11.5. The molecule has 1 heterocycles. The topological polar surface area (TPSA) is 80.1 Å². The number of nitrogens with one attached hydrogen (secondary N) is 1. The highest BCUT2D eigenvalue weighted by Crippen LogP contribution is 2.31. The lowest BCUT2D eigenvalue weighted by molar-refractivity contribution is -0.128. The number of hydrogen-bond donors (Lipinski definition) is 1. The van der Waals surface area contributed by atoms with Crippen LogP contribution in [-0.2, 0) is 16.1 Å². The van der Waals surface area contributed by atoms with E-state index in [9.17, 15) is 9.59 Å². The van der Waals surface area contributed by atoms with Gasteiger partial charge in [0.25, 0.3) is 0 Å². The number of rotatable bonds is 8. The van der Waals surface area contributed by atoms with E-state index in [2.05, 4.69) is 15.6 Å². The monoisotopic (exact) mass is 473 g/mol. The number of fused-ring (bicyclic) bond motifs is 1. The van der Waals surface area contributed by atoms with E-state index in [1.54, 1.807) is 42.5 Å². The first kappa shape index (κ1) is 24.1. The van der Waals surface area contributed by atoms with Crippen molar-refractivity contribution in [2.24, 2.45) is 0 Å². The molecule has 180 valence electrons. The summed E-state index contributed by atoms with van der Waals surface area (Å²) in [6.45, 7) is 5.55. The van der Waals surface area contributed by atoms with Gasteiger partial charge in [-0.3, -0.25) is 14.5 Å². The Morgan fingerprint density at radius 3 is 2.37 bits per heavy atom. The molecule has 0 radical (unpaired) electrons. The van der Waals surface area contributed by atoms with E-state index < -0.39 is 29.2 Å². The zero-order valence-electron chi connectivity index (χ0n) is 20.0. The summed E-state index contributed by atoms with van der Waals surface area (Å²) in [5.74, 6) is -1.46. The van der Waals surface area contributed by atoms with Crippen LogP contribution in [0.15, 0.2) is 78.9 Å². The summed E-state index contributed by atoms with van der Waals surface area (Å²) in [6.07, 6.45) is 0.660. The number of anilines is 1. The third-order valence-corrected chi connectivity index (χ3v) is 6.06. The Labute approximate surface area is 203 Å². The summed E-state index contributed by atoms with van der Waals surface area (Å²) < 4.78 is 16.6. The van der Waals surface area contributed by atoms with Crippen LogP contribution >= 0.6 is 0 Å². The van der Waals surface area contributed by atoms with Gasteiger partial charge in [0, 0.05) is 16.8 Å². The number of carbonyl (C=O) groups excluding carboxylic acids is 2. The summed E-state index contributed by atoms with van der Waals surface area (Å²) in [6, 6.07) is 20.9. The maximum atomic E-state index is 15.1. The highest BCUT2D eigenvalue weighted by atomic mass is 19.1. The molecule has 1 aromatic heterocycles. The van der Waals surface area contributed by atoms with E-state index in [0.29, 0.717) is 23.1 Å². The summed E-state index contributed by atoms with van der Waals surface area (Å²) in [7, 11) is 0. The largest absolute Gasteiger partial charge is 0.349 e. The van der Waals surface area contributed by atoms with Gasteiger partial charge in [0.05, 0.1) is 5.52 Å². The standard InChI is InChI=1S/C27H28FN5O2/c1-4-27(2,3)29-26(35)25(20-14-8-9-15-21(20)28)33(19-12-6-5-7-13-19)24(34)18-32-23-17-11-10-16-22(23)30-31-32/h5-17,25H,4,18H2,1-3H3,(H,29,35)/t25-/m0/s1. The molecule has 4 aromatic rings. The number of benzene rings is 3. The van der Waals surface area contributed by atoms with E-state index in [-0.39, 0.29) is 12.1 Å². The fraction of sp³-hybridized carbons (Fsp3) is 0.259. The third kappa shape index (κ3) is 5.21. The average molecular weight is 474 g/mol. The van der Waals surface area contributed by atoms with Gasteiger partial charge in [-0.05, 0) is 50.6 Å². The van der Waals surface area contributed by atoms with Gasteiger partial charge < -0.3 is 5.32 Å². The van der Waals surface area contributed by atoms with E-state index >= 15 is 4.39 Å². The minimum Gasteiger partial charge on any atom is -0.349 e. The van der Waals surface area contributed by atoms with Crippen molar-refractivity contribution in [3.63, 3.8) is 0 Å². The van der Waals surface area contributed by atoms with Gasteiger partial charge >= 0.3 is 0 Å². The Morgan fingerprint density at radius 2 is 1.66 bits per heavy atom. The number of para-hydroxylation sites is 2. The zero-order chi connectivity index (χ0) is 25.0. The van der Waals surface area contributed by atoms with Gasteiger partial charge in [-0.1, -0.05) is 60.7 Å². The first-order chi connectivity index (χ1) is 16.8. The summed E-state index contributed by atoms with van der Waals surface area (Å²) in [4.78, 5) is 28.9. The lowest BCUT2D eigenvalue weighted by Crippen LogP contribution is -2.51. The second-order valence-corrected chi connectivity index (χ2v) is 8.99. The maximum absolute atomic E-state index is 15.1. The maximum Gasteiger partial charge on any atom is 0.249 e. The van der Waals surface area contributed by atoms with Crippen molar-refractivity contribution in [1.82, 2.24) is 20.3 Å². The fourth-order valence-corrected chi connectivity index (χ4v) is 3.85. The van der Waals surface area contributed by atoms with Crippen LogP contribution in [0, 0.1) is 5.82 Å². The van der Waals surface area contributed by atoms with Crippen molar-refractivity contribution in [3.8, 4) is 0 Å². The Morgan fingerprint density at radius 1 is 1.00 bits per heavy atom. The van der Waals surface area contributed by atoms with Crippen LogP contribution in [-0.4, -0.2) is 32.3 Å². The quantitative estimate of drug-likeness (QED) is 0.404. The van der Waals surface area contributed by atoms with E-state index in [1.807, 2.05) is 45.0 Å². The molecule has 7 nitrogen and oxygen atoms in total. The molecule has 0 aliphatic rings. The molecule has 4 rings (SSSR count). The van der Waals surface area contributed by atoms with Crippen LogP contribution in [0.2, 0.25) is 0 Å². The molecule has 0 saturated carbocycles. The predicted molar refractivity (Wildman–Crippen MR) is 133 cm³/mol. The third-order valence-electron chi connectivity index (χ3n) is 6.06. The summed E-state index contributed by atoms with van der Waals surface area (Å²) >= 11 is 0. The predicted octanol–water partition coefficient (Wildman–Crippen LogP) is 4.65. The number of carbonyl (C=O) groups is 2. The molecule has 0 spiro atoms. The second-order valence-electron chi connectivity index (χ2n) is 8.99. The molecule has 0 saturated heterocycles. The minimum atomic E-state index is -1.23. The summed E-state index contributed by atoms with van der Waals surface area (Å²) in [5.41, 5.74) is 1.37. The molecular weight excluding hydrogens is 445 g/mol. The molecule has 0 aliphatic carbocycles. The number of halogens is 1. The van der Waals surface area contributed by atoms with Crippen LogP contribution in [0.4, 0.5) is 10.1 Å². The number of amides is 2. The van der Waals surface area contributed by atoms with E-state index in [4.69, 9.17) is 0 Å². The van der Waals surface area contributed by atoms with Gasteiger partial charge in [-0.25, -0.2) is 9.07 Å². The molecule has 3 aromatic carbocycles. The molecular formula is C27H28FN5O2. The lowest BCUT2D eigenvalue weighted by atomic mass is 9.98. The molecule has 1 atom stereocenters. The van der Waals surface area contributed by atoms with Gasteiger partial charge in [-0.15, -0.1) is 5.10 Å². The minimum absolute atomic E-state index is 0.109. The molecule has 0 bridgehead atoms. The average Bonchev–Trinajstić information content (AvgIpc) is 3.26. The van der Waals surface area contributed by atoms with Crippen LogP contribution < -0.4 is 10.2 Å². The Bertz CT molecular complexity index is 1340. The van der Waals surface area contributed by atoms with Crippen molar-refractivity contribution < 1.29 is 14.0 Å². The number of aromatic nitrogens is 3. The molecule has 1 N–H and O–H groups in total. The second kappa shape index (κ2) is 10.0. The van der Waals surface area contributed by atoms with Crippen LogP contribution in [0.1, 0.15) is 38.8 Å². The molecule has 8 heteroatoms. The Balaban J connectivity index is 1.81. The number of nitrogens with zero attached hydrogens (tertiary/aromatic N) is 4. The first-order valence-electron chi connectivity index (χ1n) is 11.5. The van der Waals surface area contributed by atoms with Crippen molar-refractivity contribution in [2.45, 2.75) is 45.3 Å². The SMILES string of the molecule is CCC(C)(C)NC(=O)[C@H](c1ccccc1F)N(C(=O)Cn1nnc2ccccc21)c1ccccc1. The van der Waals surface area contributed by atoms with Gasteiger partial charge in [0.15, 0.2) is 0 Å². The van der Waals surface area contributed by atoms with Crippen LogP contribution in [0.25, 0.3) is 11.0 Å². The highest BCUT2D eigenvalue weighted by Gasteiger charge is 2.36. The molecule has 2 amide bonds. The molecule has 35 heavy (non-hydrogen) atoms. The zero-order valence-corrected chi connectivity index (χ0v) is 20.0. The normalized spacial score (nSPS) is 12.3. The van der Waals surface area contributed by atoms with Gasteiger partial charge in [0.2, 0.25) is 11.8 Å². The van der Waals surface area contributed by atoms with Crippen molar-refractivity contribution in [3.05, 3.63) is 90.2 Å². The van der Waals surface area contributed by atoms with Crippen LogP contribution in [0.5, 0.6) is 0 Å². The fourth-order valence-electron chi connectivity index (χ4n) is 3.85. The number of hydrogen-bond acceptors (Lipinski definition) is 4. The molecule has 0 unspecified atom stereocenters. The van der Waals surface area contributed by atoms with Crippen molar-refractivity contribution >= 4 is 28.5 Å². The van der Waals surface area contributed by atoms with E-state index in [1.165, 1.54) is 21.7 Å². The smallest absolute Gasteiger partial charge is 0.249 e. The lowest BCUT2D eigenvalue weighted by Gasteiger charge is -2.34. The highest BCUT2D eigenvalue weighted by molar-refractivity contribution is 6.01. The Kier molecular flexibility index (Phi) is 6.91. The van der Waals surface area contributed by atoms with Crippen molar-refractivity contribution in [2.75, 3.05) is 4.90 Å². The molecule has 0 fully saturated rings. The van der Waals surface area contributed by atoms with Crippen LogP contribution in [0.3, 0.4) is 0 Å². The van der Waals surface area contributed by atoms with Crippen molar-refractivity contribution in [1.29, 1.82) is 0 Å². The van der Waals surface area contributed by atoms with Gasteiger partial charge in [0.1, 0.15) is 23.9 Å². The Hall–Kier alpha value is -4.07. The summed E-state index contributed by atoms with van der Waals surface area (Å²) in [5, 5.41) is 11.2. The van der Waals surface area contributed by atoms with E-state index in [0.717, 1.165) is 0 Å². The molecule has 0 aliphatic heterocycles.